The highest BCUT2D eigenvalue weighted by atomic mass is 16.2. The summed E-state index contributed by atoms with van der Waals surface area (Å²) in [5.41, 5.74) is 1.93. The molecule has 0 aliphatic heterocycles. The van der Waals surface area contributed by atoms with Gasteiger partial charge in [-0.1, -0.05) is 37.3 Å². The predicted octanol–water partition coefficient (Wildman–Crippen LogP) is 1.32. The van der Waals surface area contributed by atoms with Crippen LogP contribution in [-0.2, 0) is 24.3 Å². The Balaban J connectivity index is 1.71. The first-order valence-electron chi connectivity index (χ1n) is 8.71. The number of rotatable bonds is 5. The SMILES string of the molecule is CCc1nnc2c(=O)n(CC(=O)NCc3ccccc3)c3cccnc3n12. The van der Waals surface area contributed by atoms with E-state index in [1.807, 2.05) is 37.3 Å². The second kappa shape index (κ2) is 6.99. The first kappa shape index (κ1) is 16.9. The number of pyridine rings is 1. The zero-order valence-corrected chi connectivity index (χ0v) is 14.8. The molecular formula is C19H18N6O2. The Labute approximate surface area is 154 Å². The summed E-state index contributed by atoms with van der Waals surface area (Å²) in [7, 11) is 0. The average Bonchev–Trinajstić information content (AvgIpc) is 3.15. The molecule has 27 heavy (non-hydrogen) atoms. The van der Waals surface area contributed by atoms with Gasteiger partial charge in [0.1, 0.15) is 12.4 Å². The molecule has 1 N–H and O–H groups in total. The van der Waals surface area contributed by atoms with E-state index in [0.717, 1.165) is 5.56 Å². The van der Waals surface area contributed by atoms with Crippen LogP contribution >= 0.6 is 0 Å². The summed E-state index contributed by atoms with van der Waals surface area (Å²) in [6.07, 6.45) is 2.26. The molecule has 0 bridgehead atoms. The quantitative estimate of drug-likeness (QED) is 0.578. The third-order valence-corrected chi connectivity index (χ3v) is 4.39. The molecule has 0 unspecified atom stereocenters. The summed E-state index contributed by atoms with van der Waals surface area (Å²) in [4.78, 5) is 29.7. The van der Waals surface area contributed by atoms with E-state index >= 15 is 0 Å². The van der Waals surface area contributed by atoms with Crippen molar-refractivity contribution in [2.24, 2.45) is 0 Å². The Morgan fingerprint density at radius 2 is 1.89 bits per heavy atom. The molecule has 0 aliphatic carbocycles. The van der Waals surface area contributed by atoms with E-state index < -0.39 is 0 Å². The minimum absolute atomic E-state index is 0.112. The number of benzene rings is 1. The number of carbonyl (C=O) groups excluding carboxylic acids is 1. The smallest absolute Gasteiger partial charge is 0.297 e. The van der Waals surface area contributed by atoms with Gasteiger partial charge in [0.25, 0.3) is 5.56 Å². The average molecular weight is 362 g/mol. The highest BCUT2D eigenvalue weighted by Gasteiger charge is 2.17. The van der Waals surface area contributed by atoms with Crippen molar-refractivity contribution in [1.82, 2.24) is 29.5 Å². The molecular weight excluding hydrogens is 344 g/mol. The van der Waals surface area contributed by atoms with Crippen LogP contribution in [0.25, 0.3) is 16.8 Å². The molecule has 0 fully saturated rings. The fourth-order valence-electron chi connectivity index (χ4n) is 3.06. The van der Waals surface area contributed by atoms with Gasteiger partial charge >= 0.3 is 0 Å². The van der Waals surface area contributed by atoms with Crippen LogP contribution in [0, 0.1) is 0 Å². The van der Waals surface area contributed by atoms with E-state index in [0.29, 0.717) is 30.0 Å². The number of amides is 1. The Hall–Kier alpha value is -3.55. The molecule has 0 spiro atoms. The molecule has 1 amide bonds. The zero-order chi connectivity index (χ0) is 18.8. The maximum Gasteiger partial charge on any atom is 0.297 e. The van der Waals surface area contributed by atoms with Crippen LogP contribution in [0.5, 0.6) is 0 Å². The largest absolute Gasteiger partial charge is 0.350 e. The van der Waals surface area contributed by atoms with Gasteiger partial charge in [-0.15, -0.1) is 10.2 Å². The Bertz CT molecular complexity index is 1180. The van der Waals surface area contributed by atoms with Gasteiger partial charge in [0.15, 0.2) is 5.65 Å². The van der Waals surface area contributed by atoms with Crippen LogP contribution in [0.4, 0.5) is 0 Å². The first-order valence-corrected chi connectivity index (χ1v) is 8.71. The van der Waals surface area contributed by atoms with Gasteiger partial charge < -0.3 is 5.32 Å². The van der Waals surface area contributed by atoms with Crippen LogP contribution in [0.1, 0.15) is 18.3 Å². The fraction of sp³-hybridized carbons (Fsp3) is 0.211. The van der Waals surface area contributed by atoms with Crippen LogP contribution in [0.15, 0.2) is 53.5 Å². The van der Waals surface area contributed by atoms with Crippen LogP contribution in [-0.4, -0.2) is 30.1 Å². The van der Waals surface area contributed by atoms with Gasteiger partial charge in [0, 0.05) is 19.2 Å². The highest BCUT2D eigenvalue weighted by molar-refractivity contribution is 5.80. The van der Waals surface area contributed by atoms with E-state index in [9.17, 15) is 9.59 Å². The minimum Gasteiger partial charge on any atom is -0.350 e. The number of aromatic nitrogens is 5. The molecule has 0 saturated heterocycles. The topological polar surface area (TPSA) is 94.2 Å². The van der Waals surface area contributed by atoms with Gasteiger partial charge in [0.05, 0.1) is 5.52 Å². The van der Waals surface area contributed by atoms with E-state index in [1.54, 1.807) is 22.7 Å². The number of nitrogens with zero attached hydrogens (tertiary/aromatic N) is 5. The standard InChI is InChI=1S/C19H18N6O2/c1-2-15-22-23-18-19(27)24(14-9-6-10-20-17(14)25(15)18)12-16(26)21-11-13-7-4-3-5-8-13/h3-10H,2,11-12H2,1H3,(H,21,26). The summed E-state index contributed by atoms with van der Waals surface area (Å²) in [5.74, 6) is 0.400. The second-order valence-corrected chi connectivity index (χ2v) is 6.13. The third-order valence-electron chi connectivity index (χ3n) is 4.39. The lowest BCUT2D eigenvalue weighted by atomic mass is 10.2. The maximum atomic E-state index is 12.9. The van der Waals surface area contributed by atoms with E-state index in [-0.39, 0.29) is 23.7 Å². The van der Waals surface area contributed by atoms with Crippen molar-refractivity contribution in [2.45, 2.75) is 26.4 Å². The molecule has 8 nitrogen and oxygen atoms in total. The normalized spacial score (nSPS) is 11.1. The van der Waals surface area contributed by atoms with Gasteiger partial charge in [-0.05, 0) is 17.7 Å². The van der Waals surface area contributed by atoms with E-state index in [1.165, 1.54) is 4.57 Å². The highest BCUT2D eigenvalue weighted by Crippen LogP contribution is 2.13. The summed E-state index contributed by atoms with van der Waals surface area (Å²) in [6.45, 7) is 2.23. The molecule has 0 saturated carbocycles. The van der Waals surface area contributed by atoms with Gasteiger partial charge in [-0.3, -0.25) is 18.6 Å². The van der Waals surface area contributed by atoms with Crippen molar-refractivity contribution in [1.29, 1.82) is 0 Å². The summed E-state index contributed by atoms with van der Waals surface area (Å²) >= 11 is 0. The zero-order valence-electron chi connectivity index (χ0n) is 14.8. The lowest BCUT2D eigenvalue weighted by Gasteiger charge is -2.12. The van der Waals surface area contributed by atoms with Crippen LogP contribution in [0.2, 0.25) is 0 Å². The van der Waals surface area contributed by atoms with Gasteiger partial charge in [-0.2, -0.15) is 0 Å². The fourth-order valence-corrected chi connectivity index (χ4v) is 3.06. The molecule has 3 heterocycles. The number of hydrogen-bond acceptors (Lipinski definition) is 5. The minimum atomic E-state index is -0.363. The van der Waals surface area contributed by atoms with Crippen molar-refractivity contribution < 1.29 is 4.79 Å². The van der Waals surface area contributed by atoms with Crippen LogP contribution < -0.4 is 10.9 Å². The number of fused-ring (bicyclic) bond motifs is 3. The van der Waals surface area contributed by atoms with E-state index in [4.69, 9.17) is 0 Å². The molecule has 1 aromatic carbocycles. The molecule has 4 aromatic rings. The predicted molar refractivity (Wildman–Crippen MR) is 100 cm³/mol. The summed E-state index contributed by atoms with van der Waals surface area (Å²) in [5, 5.41) is 10.9. The molecule has 0 radical (unpaired) electrons. The Morgan fingerprint density at radius 1 is 1.07 bits per heavy atom. The van der Waals surface area contributed by atoms with Crippen molar-refractivity contribution in [3.05, 3.63) is 70.4 Å². The summed E-state index contributed by atoms with van der Waals surface area (Å²) in [6, 6.07) is 13.1. The molecule has 8 heteroatoms. The lowest BCUT2D eigenvalue weighted by molar-refractivity contribution is -0.121. The third kappa shape index (κ3) is 3.05. The van der Waals surface area contributed by atoms with Crippen molar-refractivity contribution in [3.63, 3.8) is 0 Å². The molecule has 0 atom stereocenters. The maximum absolute atomic E-state index is 12.9. The number of hydrogen-bond donors (Lipinski definition) is 1. The number of carbonyl (C=O) groups is 1. The first-order chi connectivity index (χ1) is 13.2. The van der Waals surface area contributed by atoms with E-state index in [2.05, 4.69) is 20.5 Å². The van der Waals surface area contributed by atoms with Gasteiger partial charge in [0.2, 0.25) is 11.6 Å². The summed E-state index contributed by atoms with van der Waals surface area (Å²) < 4.78 is 3.06. The second-order valence-electron chi connectivity index (χ2n) is 6.13. The van der Waals surface area contributed by atoms with Crippen molar-refractivity contribution >= 4 is 22.7 Å². The molecule has 3 aromatic heterocycles. The Morgan fingerprint density at radius 3 is 2.67 bits per heavy atom. The molecule has 4 rings (SSSR count). The van der Waals surface area contributed by atoms with Crippen molar-refractivity contribution in [2.75, 3.05) is 0 Å². The molecule has 0 aliphatic rings. The molecule has 136 valence electrons. The van der Waals surface area contributed by atoms with Gasteiger partial charge in [-0.25, -0.2) is 4.98 Å². The number of nitrogens with one attached hydrogen (secondary N) is 1. The lowest BCUT2D eigenvalue weighted by Crippen LogP contribution is -2.33. The Kier molecular flexibility index (Phi) is 4.37. The monoisotopic (exact) mass is 362 g/mol. The number of aryl methyl sites for hydroxylation is 1. The van der Waals surface area contributed by atoms with Crippen molar-refractivity contribution in [3.8, 4) is 0 Å². The van der Waals surface area contributed by atoms with Crippen LogP contribution in [0.3, 0.4) is 0 Å².